The summed E-state index contributed by atoms with van der Waals surface area (Å²) in [6.45, 7) is 0. The molecular weight excluding hydrogens is 407 g/mol. The molecule has 0 saturated heterocycles. The second kappa shape index (κ2) is 7.20. The fourth-order valence-corrected chi connectivity index (χ4v) is 3.27. The van der Waals surface area contributed by atoms with Gasteiger partial charge in [0.1, 0.15) is 5.82 Å². The van der Waals surface area contributed by atoms with E-state index in [1.54, 1.807) is 48.5 Å². The number of halogens is 2. The topological polar surface area (TPSA) is 73.8 Å². The lowest BCUT2D eigenvalue weighted by atomic mass is 10.1. The molecule has 146 valence electrons. The van der Waals surface area contributed by atoms with Crippen LogP contribution < -0.4 is 5.56 Å². The minimum absolute atomic E-state index is 0.159. The summed E-state index contributed by atoms with van der Waals surface area (Å²) in [5, 5.41) is 10.1. The van der Waals surface area contributed by atoms with Crippen LogP contribution in [-0.4, -0.2) is 19.9 Å². The van der Waals surface area contributed by atoms with E-state index in [2.05, 4.69) is 15.2 Å². The molecule has 2 heterocycles. The third kappa shape index (κ3) is 3.15. The van der Waals surface area contributed by atoms with Gasteiger partial charge in [-0.3, -0.25) is 4.79 Å². The van der Waals surface area contributed by atoms with Crippen molar-refractivity contribution in [1.29, 1.82) is 0 Å². The van der Waals surface area contributed by atoms with Gasteiger partial charge in [-0.1, -0.05) is 35.0 Å². The summed E-state index contributed by atoms with van der Waals surface area (Å²) in [5.41, 5.74) is 1.16. The minimum Gasteiger partial charge on any atom is -0.332 e. The van der Waals surface area contributed by atoms with E-state index in [4.69, 9.17) is 16.1 Å². The SMILES string of the molecule is O=c1c2ccccc2c(-c2nc(-c3ccc(Cl)cc3)no2)nn1-c1ccc(F)cc1. The lowest BCUT2D eigenvalue weighted by molar-refractivity contribution is 0.430. The van der Waals surface area contributed by atoms with Gasteiger partial charge < -0.3 is 4.52 Å². The highest BCUT2D eigenvalue weighted by molar-refractivity contribution is 6.30. The van der Waals surface area contributed by atoms with Crippen LogP contribution in [-0.2, 0) is 0 Å². The maximum absolute atomic E-state index is 13.3. The van der Waals surface area contributed by atoms with Crippen molar-refractivity contribution in [2.45, 2.75) is 0 Å². The Morgan fingerprint density at radius 1 is 0.900 bits per heavy atom. The molecule has 0 aliphatic rings. The zero-order valence-electron chi connectivity index (χ0n) is 15.3. The molecule has 0 atom stereocenters. The van der Waals surface area contributed by atoms with E-state index in [1.165, 1.54) is 28.9 Å². The van der Waals surface area contributed by atoms with Crippen molar-refractivity contribution in [3.63, 3.8) is 0 Å². The highest BCUT2D eigenvalue weighted by Gasteiger charge is 2.19. The highest BCUT2D eigenvalue weighted by atomic mass is 35.5. The molecule has 6 nitrogen and oxygen atoms in total. The van der Waals surface area contributed by atoms with Gasteiger partial charge in [0, 0.05) is 16.0 Å². The first-order valence-electron chi connectivity index (χ1n) is 8.98. The first kappa shape index (κ1) is 18.2. The molecule has 0 aliphatic heterocycles. The van der Waals surface area contributed by atoms with Gasteiger partial charge in [0.2, 0.25) is 5.82 Å². The Balaban J connectivity index is 1.71. The van der Waals surface area contributed by atoms with Crippen LogP contribution in [0.4, 0.5) is 4.39 Å². The van der Waals surface area contributed by atoms with Crippen LogP contribution >= 0.6 is 11.6 Å². The molecule has 0 amide bonds. The molecule has 3 aromatic carbocycles. The molecule has 0 radical (unpaired) electrons. The number of aromatic nitrogens is 4. The Bertz CT molecular complexity index is 1430. The van der Waals surface area contributed by atoms with Crippen molar-refractivity contribution in [2.75, 3.05) is 0 Å². The van der Waals surface area contributed by atoms with Gasteiger partial charge in [-0.15, -0.1) is 0 Å². The number of fused-ring (bicyclic) bond motifs is 1. The van der Waals surface area contributed by atoms with Gasteiger partial charge in [0.05, 0.1) is 11.1 Å². The normalized spacial score (nSPS) is 11.1. The molecular formula is C22H12ClFN4O2. The van der Waals surface area contributed by atoms with Crippen LogP contribution in [0.25, 0.3) is 39.4 Å². The maximum Gasteiger partial charge on any atom is 0.279 e. The Morgan fingerprint density at radius 2 is 1.60 bits per heavy atom. The summed E-state index contributed by atoms with van der Waals surface area (Å²) >= 11 is 5.94. The summed E-state index contributed by atoms with van der Waals surface area (Å²) in [6, 6.07) is 19.5. The predicted octanol–water partition coefficient (Wildman–Crippen LogP) is 4.90. The first-order chi connectivity index (χ1) is 14.6. The van der Waals surface area contributed by atoms with E-state index in [-0.39, 0.29) is 11.4 Å². The standard InChI is InChI=1S/C22H12ClFN4O2/c23-14-7-5-13(6-8-14)20-25-21(30-27-20)19-17-3-1-2-4-18(17)22(29)28(26-19)16-11-9-15(24)10-12-16/h1-12H. The van der Waals surface area contributed by atoms with E-state index >= 15 is 0 Å². The first-order valence-corrected chi connectivity index (χ1v) is 9.36. The van der Waals surface area contributed by atoms with Crippen molar-refractivity contribution < 1.29 is 8.91 Å². The summed E-state index contributed by atoms with van der Waals surface area (Å²) in [7, 11) is 0. The molecule has 0 saturated carbocycles. The van der Waals surface area contributed by atoms with Gasteiger partial charge in [0.25, 0.3) is 11.4 Å². The Kier molecular flexibility index (Phi) is 4.37. The van der Waals surface area contributed by atoms with E-state index in [1.807, 2.05) is 0 Å². The molecule has 0 aliphatic carbocycles. The molecule has 0 spiro atoms. The summed E-state index contributed by atoms with van der Waals surface area (Å²) in [5.74, 6) is 0.122. The Labute approximate surface area is 174 Å². The van der Waals surface area contributed by atoms with Crippen LogP contribution in [0.3, 0.4) is 0 Å². The number of rotatable bonds is 3. The van der Waals surface area contributed by atoms with Crippen molar-refractivity contribution in [1.82, 2.24) is 19.9 Å². The maximum atomic E-state index is 13.3. The third-order valence-electron chi connectivity index (χ3n) is 4.61. The quantitative estimate of drug-likeness (QED) is 0.417. The second-order valence-electron chi connectivity index (χ2n) is 6.52. The van der Waals surface area contributed by atoms with E-state index in [0.29, 0.717) is 33.0 Å². The van der Waals surface area contributed by atoms with Crippen LogP contribution in [0.5, 0.6) is 0 Å². The van der Waals surface area contributed by atoms with Crippen molar-refractivity contribution in [2.24, 2.45) is 0 Å². The van der Waals surface area contributed by atoms with Gasteiger partial charge in [-0.05, 0) is 54.6 Å². The molecule has 0 bridgehead atoms. The second-order valence-corrected chi connectivity index (χ2v) is 6.95. The number of benzene rings is 3. The predicted molar refractivity (Wildman–Crippen MR) is 111 cm³/mol. The lowest BCUT2D eigenvalue weighted by Crippen LogP contribution is -2.22. The lowest BCUT2D eigenvalue weighted by Gasteiger charge is -2.09. The monoisotopic (exact) mass is 418 g/mol. The van der Waals surface area contributed by atoms with Gasteiger partial charge in [0.15, 0.2) is 5.69 Å². The summed E-state index contributed by atoms with van der Waals surface area (Å²) in [4.78, 5) is 17.4. The molecule has 8 heteroatoms. The Morgan fingerprint density at radius 3 is 2.33 bits per heavy atom. The largest absolute Gasteiger partial charge is 0.332 e. The van der Waals surface area contributed by atoms with Crippen LogP contribution in [0.15, 0.2) is 82.1 Å². The molecule has 0 fully saturated rings. The van der Waals surface area contributed by atoms with E-state index in [9.17, 15) is 9.18 Å². The van der Waals surface area contributed by atoms with Crippen LogP contribution in [0.2, 0.25) is 5.02 Å². The molecule has 0 unspecified atom stereocenters. The smallest absolute Gasteiger partial charge is 0.279 e. The van der Waals surface area contributed by atoms with Crippen molar-refractivity contribution in [3.8, 4) is 28.7 Å². The van der Waals surface area contributed by atoms with Crippen molar-refractivity contribution >= 4 is 22.4 Å². The van der Waals surface area contributed by atoms with Crippen LogP contribution in [0, 0.1) is 5.82 Å². The van der Waals surface area contributed by atoms with Gasteiger partial charge in [-0.2, -0.15) is 14.8 Å². The number of nitrogens with zero attached hydrogens (tertiary/aromatic N) is 4. The number of hydrogen-bond acceptors (Lipinski definition) is 5. The number of hydrogen-bond donors (Lipinski definition) is 0. The average molecular weight is 419 g/mol. The molecule has 30 heavy (non-hydrogen) atoms. The highest BCUT2D eigenvalue weighted by Crippen LogP contribution is 2.27. The molecule has 2 aromatic heterocycles. The molecule has 0 N–H and O–H groups in total. The Hall–Kier alpha value is -3.84. The van der Waals surface area contributed by atoms with E-state index in [0.717, 1.165) is 5.56 Å². The molecule has 5 rings (SSSR count). The van der Waals surface area contributed by atoms with Crippen LogP contribution in [0.1, 0.15) is 0 Å². The minimum atomic E-state index is -0.405. The van der Waals surface area contributed by atoms with Crippen molar-refractivity contribution in [3.05, 3.63) is 94.0 Å². The molecule has 5 aromatic rings. The third-order valence-corrected chi connectivity index (χ3v) is 4.86. The average Bonchev–Trinajstić information content (AvgIpc) is 3.25. The fourth-order valence-electron chi connectivity index (χ4n) is 3.14. The summed E-state index contributed by atoms with van der Waals surface area (Å²) in [6.07, 6.45) is 0. The van der Waals surface area contributed by atoms with Gasteiger partial charge >= 0.3 is 0 Å². The zero-order chi connectivity index (χ0) is 20.7. The fraction of sp³-hybridized carbons (Fsp3) is 0. The van der Waals surface area contributed by atoms with E-state index < -0.39 is 5.82 Å². The zero-order valence-corrected chi connectivity index (χ0v) is 16.0. The van der Waals surface area contributed by atoms with Gasteiger partial charge in [-0.25, -0.2) is 4.39 Å². The summed E-state index contributed by atoms with van der Waals surface area (Å²) < 4.78 is 20.0.